The Balaban J connectivity index is 3.03. The number of methoxy groups -OCH3 is 1. The summed E-state index contributed by atoms with van der Waals surface area (Å²) in [6.07, 6.45) is 0.839. The van der Waals surface area contributed by atoms with Crippen LogP contribution in [-0.2, 0) is 11.2 Å². The summed E-state index contributed by atoms with van der Waals surface area (Å²) in [6.45, 7) is 6.58. The molecule has 0 saturated carbocycles. The van der Waals surface area contributed by atoms with E-state index in [1.165, 1.54) is 11.3 Å². The molecule has 2 N–H and O–H groups in total. The van der Waals surface area contributed by atoms with Crippen LogP contribution in [0.3, 0.4) is 0 Å². The fourth-order valence-corrected chi connectivity index (χ4v) is 2.44. The van der Waals surface area contributed by atoms with Gasteiger partial charge in [-0.15, -0.1) is 0 Å². The summed E-state index contributed by atoms with van der Waals surface area (Å²) in [5.74, 6) is 0. The molecule has 3 nitrogen and oxygen atoms in total. The Morgan fingerprint density at radius 2 is 2.17 bits per heavy atom. The van der Waals surface area contributed by atoms with E-state index >= 15 is 0 Å². The summed E-state index contributed by atoms with van der Waals surface area (Å²) >= 11 is 6.06. The van der Waals surface area contributed by atoms with Gasteiger partial charge in [-0.1, -0.05) is 11.6 Å². The summed E-state index contributed by atoms with van der Waals surface area (Å²) < 4.78 is 5.24. The normalized spacial score (nSPS) is 12.5. The van der Waals surface area contributed by atoms with Gasteiger partial charge >= 0.3 is 0 Å². The first-order chi connectivity index (χ1) is 8.63. The number of hydrogen-bond acceptors (Lipinski definition) is 3. The second-order valence-electron chi connectivity index (χ2n) is 4.40. The molecule has 18 heavy (non-hydrogen) atoms. The highest BCUT2D eigenvalue weighted by molar-refractivity contribution is 6.30. The lowest BCUT2D eigenvalue weighted by atomic mass is 10.1. The summed E-state index contributed by atoms with van der Waals surface area (Å²) in [7, 11) is 1.73. The van der Waals surface area contributed by atoms with Crippen molar-refractivity contribution in [1.29, 1.82) is 0 Å². The zero-order chi connectivity index (χ0) is 13.5. The molecule has 0 spiro atoms. The van der Waals surface area contributed by atoms with Gasteiger partial charge in [0.05, 0.1) is 6.61 Å². The van der Waals surface area contributed by atoms with Crippen molar-refractivity contribution in [3.63, 3.8) is 0 Å². The van der Waals surface area contributed by atoms with Crippen LogP contribution in [0, 0.1) is 0 Å². The molecule has 0 saturated heterocycles. The lowest BCUT2D eigenvalue weighted by molar-refractivity contribution is 0.182. The molecule has 0 fully saturated rings. The largest absolute Gasteiger partial charge is 0.383 e. The molecule has 1 aromatic rings. The number of likely N-dealkylation sites (N-methyl/N-ethyl adjacent to an activating group) is 1. The summed E-state index contributed by atoms with van der Waals surface area (Å²) in [5.41, 5.74) is 8.08. The highest BCUT2D eigenvalue weighted by Gasteiger charge is 2.15. The van der Waals surface area contributed by atoms with Crippen molar-refractivity contribution in [1.82, 2.24) is 0 Å². The van der Waals surface area contributed by atoms with Gasteiger partial charge in [0, 0.05) is 30.4 Å². The van der Waals surface area contributed by atoms with E-state index in [0.717, 1.165) is 18.0 Å². The third-order valence-electron chi connectivity index (χ3n) is 3.05. The molecule has 0 aliphatic rings. The summed E-state index contributed by atoms with van der Waals surface area (Å²) in [5, 5.41) is 0.762. The van der Waals surface area contributed by atoms with Crippen LogP contribution in [0.1, 0.15) is 19.4 Å². The number of hydrogen-bond donors (Lipinski definition) is 1. The quantitative estimate of drug-likeness (QED) is 0.828. The molecule has 1 aromatic carbocycles. The van der Waals surface area contributed by atoms with Crippen molar-refractivity contribution >= 4 is 17.3 Å². The molecule has 0 amide bonds. The van der Waals surface area contributed by atoms with Crippen molar-refractivity contribution in [3.8, 4) is 0 Å². The predicted octanol–water partition coefficient (Wildman–Crippen LogP) is 2.70. The maximum atomic E-state index is 6.06. The van der Waals surface area contributed by atoms with Crippen LogP contribution in [0.15, 0.2) is 18.2 Å². The predicted molar refractivity (Wildman–Crippen MR) is 78.6 cm³/mol. The van der Waals surface area contributed by atoms with Gasteiger partial charge in [-0.3, -0.25) is 0 Å². The minimum absolute atomic E-state index is 0.331. The minimum Gasteiger partial charge on any atom is -0.383 e. The number of anilines is 1. The Bertz CT molecular complexity index is 371. The van der Waals surface area contributed by atoms with Crippen LogP contribution >= 0.6 is 11.6 Å². The van der Waals surface area contributed by atoms with Gasteiger partial charge < -0.3 is 15.4 Å². The first-order valence-electron chi connectivity index (χ1n) is 6.38. The van der Waals surface area contributed by atoms with E-state index in [1.807, 2.05) is 12.1 Å². The molecule has 4 heteroatoms. The lowest BCUT2D eigenvalue weighted by Gasteiger charge is -2.31. The van der Waals surface area contributed by atoms with E-state index in [1.54, 1.807) is 7.11 Å². The number of nitrogens with two attached hydrogens (primary N) is 1. The molecule has 102 valence electrons. The molecule has 1 unspecified atom stereocenters. The fourth-order valence-electron chi connectivity index (χ4n) is 2.24. The average molecular weight is 271 g/mol. The van der Waals surface area contributed by atoms with Crippen molar-refractivity contribution < 1.29 is 4.74 Å². The number of ether oxygens (including phenoxy) is 1. The second kappa shape index (κ2) is 7.62. The smallest absolute Gasteiger partial charge is 0.0663 e. The molecule has 0 aliphatic carbocycles. The van der Waals surface area contributed by atoms with E-state index < -0.39 is 0 Å². The van der Waals surface area contributed by atoms with Crippen LogP contribution in [0.4, 0.5) is 5.69 Å². The second-order valence-corrected chi connectivity index (χ2v) is 4.84. The first-order valence-corrected chi connectivity index (χ1v) is 6.75. The third kappa shape index (κ3) is 3.87. The minimum atomic E-state index is 0.331. The third-order valence-corrected chi connectivity index (χ3v) is 3.28. The molecule has 0 bridgehead atoms. The van der Waals surface area contributed by atoms with Crippen LogP contribution in [0.2, 0.25) is 5.02 Å². The maximum absolute atomic E-state index is 6.06. The number of nitrogens with zero attached hydrogens (tertiary/aromatic N) is 1. The molecule has 1 rings (SSSR count). The molecule has 0 aliphatic heterocycles. The van der Waals surface area contributed by atoms with Gasteiger partial charge in [0.1, 0.15) is 0 Å². The monoisotopic (exact) mass is 270 g/mol. The fraction of sp³-hybridized carbons (Fsp3) is 0.571. The molecule has 1 atom stereocenters. The number of rotatable bonds is 7. The Hall–Kier alpha value is -0.770. The van der Waals surface area contributed by atoms with E-state index in [4.69, 9.17) is 22.1 Å². The van der Waals surface area contributed by atoms with Gasteiger partial charge in [-0.25, -0.2) is 0 Å². The number of halogens is 1. The van der Waals surface area contributed by atoms with E-state index in [2.05, 4.69) is 24.8 Å². The first kappa shape index (κ1) is 15.3. The van der Waals surface area contributed by atoms with Crippen LogP contribution in [-0.4, -0.2) is 32.8 Å². The molecular weight excluding hydrogens is 248 g/mol. The zero-order valence-corrected chi connectivity index (χ0v) is 12.2. The van der Waals surface area contributed by atoms with Gasteiger partial charge in [-0.05, 0) is 50.6 Å². The van der Waals surface area contributed by atoms with Gasteiger partial charge in [0.2, 0.25) is 0 Å². The van der Waals surface area contributed by atoms with Crippen molar-refractivity contribution in [2.24, 2.45) is 5.73 Å². The topological polar surface area (TPSA) is 38.5 Å². The average Bonchev–Trinajstić information content (AvgIpc) is 2.33. The van der Waals surface area contributed by atoms with Crippen LogP contribution in [0.5, 0.6) is 0 Å². The summed E-state index contributed by atoms with van der Waals surface area (Å²) in [6, 6.07) is 6.34. The number of benzene rings is 1. The van der Waals surface area contributed by atoms with Crippen molar-refractivity contribution in [3.05, 3.63) is 28.8 Å². The zero-order valence-electron chi connectivity index (χ0n) is 11.4. The standard InChI is InChI=1S/C14H23ClN2O/c1-4-17(11(2)10-18-3)14-6-5-13(15)9-12(14)7-8-16/h5-6,9,11H,4,7-8,10,16H2,1-3H3. The molecule has 0 heterocycles. The van der Waals surface area contributed by atoms with Gasteiger partial charge in [-0.2, -0.15) is 0 Å². The van der Waals surface area contributed by atoms with Gasteiger partial charge in [0.25, 0.3) is 0 Å². The van der Waals surface area contributed by atoms with E-state index in [9.17, 15) is 0 Å². The molecule has 0 radical (unpaired) electrons. The lowest BCUT2D eigenvalue weighted by Crippen LogP contribution is -2.36. The maximum Gasteiger partial charge on any atom is 0.0663 e. The van der Waals surface area contributed by atoms with Crippen molar-refractivity contribution in [2.75, 3.05) is 31.7 Å². The van der Waals surface area contributed by atoms with E-state index in [0.29, 0.717) is 19.2 Å². The Labute approximate surface area is 115 Å². The Morgan fingerprint density at radius 3 is 2.72 bits per heavy atom. The van der Waals surface area contributed by atoms with Crippen LogP contribution in [0.25, 0.3) is 0 Å². The summed E-state index contributed by atoms with van der Waals surface area (Å²) in [4.78, 5) is 2.32. The van der Waals surface area contributed by atoms with Crippen LogP contribution < -0.4 is 10.6 Å². The highest BCUT2D eigenvalue weighted by atomic mass is 35.5. The van der Waals surface area contributed by atoms with E-state index in [-0.39, 0.29) is 0 Å². The Kier molecular flexibility index (Phi) is 6.47. The van der Waals surface area contributed by atoms with Gasteiger partial charge in [0.15, 0.2) is 0 Å². The highest BCUT2D eigenvalue weighted by Crippen LogP contribution is 2.26. The SMILES string of the molecule is CCN(c1ccc(Cl)cc1CCN)C(C)COC. The Morgan fingerprint density at radius 1 is 1.44 bits per heavy atom. The molecular formula is C14H23ClN2O. The van der Waals surface area contributed by atoms with Crippen molar-refractivity contribution in [2.45, 2.75) is 26.3 Å². The molecule has 0 aromatic heterocycles.